The topological polar surface area (TPSA) is 62.5 Å². The molecule has 0 atom stereocenters. The molecule has 1 aromatic heterocycles. The average molecular weight is 268 g/mol. The maximum Gasteiger partial charge on any atom is 0.222 e. The Hall–Kier alpha value is -1.14. The number of unbranched alkanes of at least 4 members (excludes halogenated alkanes) is 1. The highest BCUT2D eigenvalue weighted by Crippen LogP contribution is 2.19. The lowest BCUT2D eigenvalue weighted by Crippen LogP contribution is -2.48. The molecule has 1 aliphatic rings. The zero-order valence-electron chi connectivity index (χ0n) is 10.5. The van der Waals surface area contributed by atoms with Crippen LogP contribution in [0.2, 0.25) is 0 Å². The highest BCUT2D eigenvalue weighted by atomic mass is 32.1. The summed E-state index contributed by atoms with van der Waals surface area (Å²) >= 11 is 1.65. The number of piperazine rings is 1. The Bertz CT molecular complexity index is 360. The normalized spacial score (nSPS) is 16.1. The lowest BCUT2D eigenvalue weighted by Gasteiger charge is -2.34. The van der Waals surface area contributed by atoms with E-state index in [0.29, 0.717) is 13.0 Å². The molecule has 0 unspecified atom stereocenters. The minimum atomic E-state index is 0.266. The van der Waals surface area contributed by atoms with Gasteiger partial charge in [-0.2, -0.15) is 0 Å². The zero-order chi connectivity index (χ0) is 12.8. The van der Waals surface area contributed by atoms with Crippen molar-refractivity contribution in [3.8, 4) is 0 Å². The second-order valence-corrected chi connectivity index (χ2v) is 5.30. The van der Waals surface area contributed by atoms with Gasteiger partial charge < -0.3 is 15.5 Å². The monoisotopic (exact) mass is 268 g/mol. The molecule has 100 valence electrons. The number of rotatable bonds is 5. The average Bonchev–Trinajstić information content (AvgIpc) is 2.93. The number of carbonyl (C=O) groups excluding carboxylic acids is 1. The summed E-state index contributed by atoms with van der Waals surface area (Å²) in [5.74, 6) is 0.266. The van der Waals surface area contributed by atoms with Crippen LogP contribution in [0, 0.1) is 0 Å². The van der Waals surface area contributed by atoms with Gasteiger partial charge in [-0.05, 0) is 19.4 Å². The van der Waals surface area contributed by atoms with Gasteiger partial charge in [-0.3, -0.25) is 4.79 Å². The first-order valence-electron chi connectivity index (χ1n) is 6.43. The lowest BCUT2D eigenvalue weighted by atomic mass is 10.2. The number of hydrogen-bond acceptors (Lipinski definition) is 5. The minimum Gasteiger partial charge on any atom is -0.345 e. The number of thiazole rings is 1. The highest BCUT2D eigenvalue weighted by molar-refractivity contribution is 7.13. The third-order valence-corrected chi connectivity index (χ3v) is 4.00. The van der Waals surface area contributed by atoms with Crippen molar-refractivity contribution in [1.29, 1.82) is 0 Å². The molecule has 0 radical (unpaired) electrons. The van der Waals surface area contributed by atoms with Gasteiger partial charge >= 0.3 is 0 Å². The molecule has 2 N–H and O–H groups in total. The number of nitrogens with zero attached hydrogens (tertiary/aromatic N) is 3. The van der Waals surface area contributed by atoms with E-state index in [0.717, 1.165) is 44.2 Å². The summed E-state index contributed by atoms with van der Waals surface area (Å²) in [5, 5.41) is 3.05. The Kier molecular flexibility index (Phi) is 4.95. The zero-order valence-corrected chi connectivity index (χ0v) is 11.4. The molecule has 0 bridgehead atoms. The number of aromatic nitrogens is 1. The van der Waals surface area contributed by atoms with E-state index in [9.17, 15) is 4.79 Å². The summed E-state index contributed by atoms with van der Waals surface area (Å²) in [6.07, 6.45) is 4.30. The second-order valence-electron chi connectivity index (χ2n) is 4.43. The van der Waals surface area contributed by atoms with E-state index in [1.165, 1.54) is 0 Å². The summed E-state index contributed by atoms with van der Waals surface area (Å²) < 4.78 is 0. The summed E-state index contributed by atoms with van der Waals surface area (Å²) in [6, 6.07) is 0. The van der Waals surface area contributed by atoms with Gasteiger partial charge in [0.15, 0.2) is 5.13 Å². The van der Waals surface area contributed by atoms with Crippen LogP contribution in [0.3, 0.4) is 0 Å². The molecule has 18 heavy (non-hydrogen) atoms. The molecule has 1 amide bonds. The smallest absolute Gasteiger partial charge is 0.222 e. The van der Waals surface area contributed by atoms with Crippen LogP contribution in [0.25, 0.3) is 0 Å². The maximum atomic E-state index is 11.9. The third-order valence-electron chi connectivity index (χ3n) is 3.17. The van der Waals surface area contributed by atoms with Crippen molar-refractivity contribution < 1.29 is 4.79 Å². The van der Waals surface area contributed by atoms with Gasteiger partial charge in [0.05, 0.1) is 0 Å². The van der Waals surface area contributed by atoms with Crippen LogP contribution in [0.5, 0.6) is 0 Å². The molecule has 0 aromatic carbocycles. The third kappa shape index (κ3) is 3.43. The molecule has 2 heterocycles. The number of hydrogen-bond donors (Lipinski definition) is 1. The Morgan fingerprint density at radius 1 is 1.33 bits per heavy atom. The largest absolute Gasteiger partial charge is 0.345 e. The Morgan fingerprint density at radius 3 is 2.72 bits per heavy atom. The number of anilines is 1. The summed E-state index contributed by atoms with van der Waals surface area (Å²) in [6.45, 7) is 4.06. The molecular weight excluding hydrogens is 248 g/mol. The molecule has 1 aromatic rings. The number of amides is 1. The van der Waals surface area contributed by atoms with E-state index in [1.54, 1.807) is 11.3 Å². The van der Waals surface area contributed by atoms with Crippen LogP contribution in [0.1, 0.15) is 19.3 Å². The van der Waals surface area contributed by atoms with Gasteiger partial charge in [0.2, 0.25) is 5.91 Å². The van der Waals surface area contributed by atoms with Gasteiger partial charge in [-0.1, -0.05) is 0 Å². The standard InChI is InChI=1S/C12H20N4OS/c13-4-2-1-3-11(17)15-6-8-16(9-7-15)12-14-5-10-18-12/h5,10H,1-4,6-9,13H2. The molecule has 0 aliphatic carbocycles. The van der Waals surface area contributed by atoms with E-state index < -0.39 is 0 Å². The highest BCUT2D eigenvalue weighted by Gasteiger charge is 2.21. The fourth-order valence-corrected chi connectivity index (χ4v) is 2.79. The van der Waals surface area contributed by atoms with Crippen LogP contribution in [0.15, 0.2) is 11.6 Å². The predicted octanol–water partition coefficient (Wildman–Crippen LogP) is 0.921. The number of carbonyl (C=O) groups is 1. The van der Waals surface area contributed by atoms with Crippen molar-refractivity contribution in [2.75, 3.05) is 37.6 Å². The molecule has 0 saturated carbocycles. The van der Waals surface area contributed by atoms with Crippen LogP contribution in [0.4, 0.5) is 5.13 Å². The van der Waals surface area contributed by atoms with Crippen LogP contribution >= 0.6 is 11.3 Å². The molecule has 1 aliphatic heterocycles. The molecule has 0 spiro atoms. The van der Waals surface area contributed by atoms with Crippen molar-refractivity contribution in [3.05, 3.63) is 11.6 Å². The molecule has 1 saturated heterocycles. The van der Waals surface area contributed by atoms with E-state index in [4.69, 9.17) is 5.73 Å². The van der Waals surface area contributed by atoms with Crippen LogP contribution in [-0.2, 0) is 4.79 Å². The van der Waals surface area contributed by atoms with Crippen molar-refractivity contribution in [2.45, 2.75) is 19.3 Å². The summed E-state index contributed by atoms with van der Waals surface area (Å²) in [4.78, 5) is 20.4. The summed E-state index contributed by atoms with van der Waals surface area (Å²) in [7, 11) is 0. The van der Waals surface area contributed by atoms with E-state index in [2.05, 4.69) is 9.88 Å². The minimum absolute atomic E-state index is 0.266. The fourth-order valence-electron chi connectivity index (χ4n) is 2.10. The summed E-state index contributed by atoms with van der Waals surface area (Å²) in [5.41, 5.74) is 5.43. The molecule has 6 heteroatoms. The van der Waals surface area contributed by atoms with Gasteiger partial charge in [-0.15, -0.1) is 11.3 Å². The molecule has 5 nitrogen and oxygen atoms in total. The Labute approximate surface area is 112 Å². The first-order chi connectivity index (χ1) is 8.81. The Morgan fingerprint density at radius 2 is 2.11 bits per heavy atom. The molecular formula is C12H20N4OS. The van der Waals surface area contributed by atoms with Crippen LogP contribution in [-0.4, -0.2) is 48.5 Å². The first kappa shape index (κ1) is 13.3. The van der Waals surface area contributed by atoms with Crippen molar-refractivity contribution in [1.82, 2.24) is 9.88 Å². The van der Waals surface area contributed by atoms with Crippen LogP contribution < -0.4 is 10.6 Å². The molecule has 2 rings (SSSR count). The van der Waals surface area contributed by atoms with Crippen molar-refractivity contribution >= 4 is 22.4 Å². The maximum absolute atomic E-state index is 11.9. The predicted molar refractivity (Wildman–Crippen MR) is 73.8 cm³/mol. The Balaban J connectivity index is 1.74. The van der Waals surface area contributed by atoms with Gasteiger partial charge in [0.1, 0.15) is 0 Å². The first-order valence-corrected chi connectivity index (χ1v) is 7.31. The quantitative estimate of drug-likeness (QED) is 0.807. The molecule has 1 fully saturated rings. The fraction of sp³-hybridized carbons (Fsp3) is 0.667. The van der Waals surface area contributed by atoms with E-state index in [1.807, 2.05) is 16.5 Å². The van der Waals surface area contributed by atoms with Crippen molar-refractivity contribution in [3.63, 3.8) is 0 Å². The van der Waals surface area contributed by atoms with Gasteiger partial charge in [0, 0.05) is 44.2 Å². The number of nitrogens with two attached hydrogens (primary N) is 1. The van der Waals surface area contributed by atoms with Crippen molar-refractivity contribution in [2.24, 2.45) is 5.73 Å². The van der Waals surface area contributed by atoms with E-state index in [-0.39, 0.29) is 5.91 Å². The van der Waals surface area contributed by atoms with Gasteiger partial charge in [-0.25, -0.2) is 4.98 Å². The van der Waals surface area contributed by atoms with Gasteiger partial charge in [0.25, 0.3) is 0 Å². The van der Waals surface area contributed by atoms with E-state index >= 15 is 0 Å². The lowest BCUT2D eigenvalue weighted by molar-refractivity contribution is -0.131. The second kappa shape index (κ2) is 6.70. The SMILES string of the molecule is NCCCCC(=O)N1CCN(c2nccs2)CC1.